The van der Waals surface area contributed by atoms with Crippen LogP contribution in [0.2, 0.25) is 0 Å². The number of hydrogen-bond donors (Lipinski definition) is 2. The monoisotopic (exact) mass is 484 g/mol. The highest BCUT2D eigenvalue weighted by atomic mass is 19.4. The Balaban J connectivity index is 1.89. The second-order valence-electron chi connectivity index (χ2n) is 9.94. The Bertz CT molecular complexity index is 941. The fraction of sp³-hybridized carbons (Fsp3) is 0.609. The molecule has 188 valence electrons. The molecule has 0 spiro atoms. The van der Waals surface area contributed by atoms with Crippen molar-refractivity contribution in [3.8, 4) is 0 Å². The van der Waals surface area contributed by atoms with Crippen molar-refractivity contribution in [3.63, 3.8) is 0 Å². The number of halogens is 3. The van der Waals surface area contributed by atoms with E-state index in [0.29, 0.717) is 6.54 Å². The number of anilines is 2. The maximum absolute atomic E-state index is 13.8. The minimum atomic E-state index is -4.78. The molecule has 1 aromatic carbocycles. The molecule has 1 saturated heterocycles. The number of carbonyl (C=O) groups is 3. The Morgan fingerprint density at radius 1 is 1.26 bits per heavy atom. The van der Waals surface area contributed by atoms with E-state index in [9.17, 15) is 27.6 Å². The standard InChI is InChI=1S/C23H31F3N4O4/c1-22(2,3)13-30(15-5-4-6-15)19(20(27)32)21(33)28-14-7-8-17(16(11-14)23(24,25)26)29-9-10-34-12-18(29)31/h7-8,11,15,19H,4-6,9-10,12-13H2,1-3H3,(H2,27,32)(H,28,33)/t19-/m1/s1. The van der Waals surface area contributed by atoms with Crippen molar-refractivity contribution < 1.29 is 32.3 Å². The Hall–Kier alpha value is -2.66. The molecule has 1 aliphatic heterocycles. The fourth-order valence-electron chi connectivity index (χ4n) is 4.20. The zero-order valence-corrected chi connectivity index (χ0v) is 19.6. The van der Waals surface area contributed by atoms with Crippen LogP contribution in [0, 0.1) is 5.41 Å². The molecule has 1 aromatic rings. The summed E-state index contributed by atoms with van der Waals surface area (Å²) in [4.78, 5) is 40.3. The maximum Gasteiger partial charge on any atom is 0.418 e. The summed E-state index contributed by atoms with van der Waals surface area (Å²) in [5.74, 6) is -2.23. The van der Waals surface area contributed by atoms with Crippen molar-refractivity contribution in [2.45, 2.75) is 58.3 Å². The van der Waals surface area contributed by atoms with Gasteiger partial charge in [-0.2, -0.15) is 13.2 Å². The van der Waals surface area contributed by atoms with Crippen molar-refractivity contribution in [2.24, 2.45) is 11.1 Å². The number of morpholine rings is 1. The van der Waals surface area contributed by atoms with Gasteiger partial charge in [0.05, 0.1) is 17.9 Å². The van der Waals surface area contributed by atoms with Crippen LogP contribution in [0.3, 0.4) is 0 Å². The van der Waals surface area contributed by atoms with E-state index < -0.39 is 35.5 Å². The molecule has 0 unspecified atom stereocenters. The number of carbonyl (C=O) groups excluding carboxylic acids is 3. The molecule has 2 fully saturated rings. The van der Waals surface area contributed by atoms with Crippen LogP contribution in [0.1, 0.15) is 45.6 Å². The summed E-state index contributed by atoms with van der Waals surface area (Å²) in [6, 6.07) is 1.87. The molecule has 11 heteroatoms. The Labute approximate surface area is 196 Å². The van der Waals surface area contributed by atoms with Crippen LogP contribution >= 0.6 is 0 Å². The van der Waals surface area contributed by atoms with E-state index in [-0.39, 0.29) is 42.6 Å². The SMILES string of the molecule is CC(C)(C)CN(C1CCC1)[C@H](C(N)=O)C(=O)Nc1ccc(N2CCOCC2=O)c(C(F)(F)F)c1. The highest BCUT2D eigenvalue weighted by Gasteiger charge is 2.41. The molecule has 1 heterocycles. The van der Waals surface area contributed by atoms with Gasteiger partial charge >= 0.3 is 6.18 Å². The first-order valence-electron chi connectivity index (χ1n) is 11.2. The Morgan fingerprint density at radius 2 is 1.94 bits per heavy atom. The van der Waals surface area contributed by atoms with E-state index in [4.69, 9.17) is 10.5 Å². The molecule has 1 atom stereocenters. The summed E-state index contributed by atoms with van der Waals surface area (Å²) in [6.45, 7) is 6.13. The molecule has 3 amide bonds. The van der Waals surface area contributed by atoms with Gasteiger partial charge in [0.25, 0.3) is 11.8 Å². The van der Waals surface area contributed by atoms with Crippen LogP contribution in [0.25, 0.3) is 0 Å². The zero-order chi connectivity index (χ0) is 25.3. The molecule has 34 heavy (non-hydrogen) atoms. The average Bonchev–Trinajstić information content (AvgIpc) is 2.65. The number of primary amides is 1. The summed E-state index contributed by atoms with van der Waals surface area (Å²) >= 11 is 0. The molecule has 0 aromatic heterocycles. The van der Waals surface area contributed by atoms with Gasteiger partial charge in [0.1, 0.15) is 6.61 Å². The Kier molecular flexibility index (Phi) is 7.56. The lowest BCUT2D eigenvalue weighted by molar-refractivity contribution is -0.138. The van der Waals surface area contributed by atoms with Crippen molar-refractivity contribution in [1.82, 2.24) is 4.90 Å². The quantitative estimate of drug-likeness (QED) is 0.579. The number of rotatable bonds is 7. The van der Waals surface area contributed by atoms with Gasteiger partial charge in [0.15, 0.2) is 6.04 Å². The number of amides is 3. The van der Waals surface area contributed by atoms with Crippen molar-refractivity contribution in [3.05, 3.63) is 23.8 Å². The van der Waals surface area contributed by atoms with E-state index >= 15 is 0 Å². The molecular weight excluding hydrogens is 453 g/mol. The third-order valence-electron chi connectivity index (χ3n) is 5.90. The predicted molar refractivity (Wildman–Crippen MR) is 120 cm³/mol. The van der Waals surface area contributed by atoms with Crippen molar-refractivity contribution >= 4 is 29.1 Å². The van der Waals surface area contributed by atoms with Gasteiger partial charge in [-0.3, -0.25) is 19.3 Å². The summed E-state index contributed by atoms with van der Waals surface area (Å²) in [5.41, 5.74) is 3.83. The van der Waals surface area contributed by atoms with Crippen LogP contribution in [0.5, 0.6) is 0 Å². The number of alkyl halides is 3. The molecule has 1 aliphatic carbocycles. The van der Waals surface area contributed by atoms with Gasteiger partial charge in [0.2, 0.25) is 5.91 Å². The maximum atomic E-state index is 13.8. The molecule has 0 radical (unpaired) electrons. The van der Waals surface area contributed by atoms with E-state index in [1.807, 2.05) is 20.8 Å². The van der Waals surface area contributed by atoms with Crippen LogP contribution in [-0.4, -0.2) is 61.0 Å². The minimum absolute atomic E-state index is 0.00270. The molecule has 3 N–H and O–H groups in total. The summed E-state index contributed by atoms with van der Waals surface area (Å²) in [5, 5.41) is 2.44. The normalized spacial score (nSPS) is 18.6. The van der Waals surface area contributed by atoms with E-state index in [0.717, 1.165) is 36.3 Å². The van der Waals surface area contributed by atoms with Gasteiger partial charge < -0.3 is 20.7 Å². The summed E-state index contributed by atoms with van der Waals surface area (Å²) in [7, 11) is 0. The number of benzene rings is 1. The minimum Gasteiger partial charge on any atom is -0.370 e. The topological polar surface area (TPSA) is 105 Å². The van der Waals surface area contributed by atoms with Crippen molar-refractivity contribution in [1.29, 1.82) is 0 Å². The second kappa shape index (κ2) is 9.91. The smallest absolute Gasteiger partial charge is 0.370 e. The lowest BCUT2D eigenvalue weighted by Crippen LogP contribution is -2.59. The van der Waals surface area contributed by atoms with Crippen LogP contribution < -0.4 is 16.0 Å². The average molecular weight is 485 g/mol. The fourth-order valence-corrected chi connectivity index (χ4v) is 4.20. The highest BCUT2D eigenvalue weighted by molar-refractivity contribution is 6.09. The Morgan fingerprint density at radius 3 is 2.44 bits per heavy atom. The number of nitrogens with two attached hydrogens (primary N) is 1. The molecule has 2 aliphatic rings. The number of hydrogen-bond acceptors (Lipinski definition) is 5. The predicted octanol–water partition coefficient (Wildman–Crippen LogP) is 2.76. The van der Waals surface area contributed by atoms with Gasteiger partial charge in [-0.05, 0) is 36.5 Å². The zero-order valence-electron chi connectivity index (χ0n) is 19.6. The first-order chi connectivity index (χ1) is 15.8. The van der Waals surface area contributed by atoms with Crippen LogP contribution in [0.4, 0.5) is 24.5 Å². The number of ether oxygens (including phenoxy) is 1. The molecule has 1 saturated carbocycles. The molecule has 3 rings (SSSR count). The van der Waals surface area contributed by atoms with E-state index in [1.165, 1.54) is 6.07 Å². The summed E-state index contributed by atoms with van der Waals surface area (Å²) < 4.78 is 46.5. The lowest BCUT2D eigenvalue weighted by atomic mass is 9.86. The molecule has 0 bridgehead atoms. The van der Waals surface area contributed by atoms with Gasteiger partial charge in [-0.25, -0.2) is 0 Å². The summed E-state index contributed by atoms with van der Waals surface area (Å²) in [6.07, 6.45) is -2.18. The lowest BCUT2D eigenvalue weighted by Gasteiger charge is -2.43. The number of nitrogens with zero attached hydrogens (tertiary/aromatic N) is 2. The third kappa shape index (κ3) is 6.06. The number of nitrogens with one attached hydrogen (secondary N) is 1. The van der Waals surface area contributed by atoms with E-state index in [2.05, 4.69) is 5.32 Å². The van der Waals surface area contributed by atoms with Crippen LogP contribution in [-0.2, 0) is 25.3 Å². The third-order valence-corrected chi connectivity index (χ3v) is 5.90. The van der Waals surface area contributed by atoms with Gasteiger partial charge in [-0.1, -0.05) is 27.2 Å². The largest absolute Gasteiger partial charge is 0.418 e. The van der Waals surface area contributed by atoms with E-state index in [1.54, 1.807) is 4.90 Å². The van der Waals surface area contributed by atoms with Crippen LogP contribution in [0.15, 0.2) is 18.2 Å². The first kappa shape index (κ1) is 26.0. The second-order valence-corrected chi connectivity index (χ2v) is 9.94. The van der Waals surface area contributed by atoms with Crippen molar-refractivity contribution in [2.75, 3.05) is 36.5 Å². The molecular formula is C23H31F3N4O4. The highest BCUT2D eigenvalue weighted by Crippen LogP contribution is 2.39. The van der Waals surface area contributed by atoms with Gasteiger partial charge in [-0.15, -0.1) is 0 Å². The molecule has 8 nitrogen and oxygen atoms in total. The first-order valence-corrected chi connectivity index (χ1v) is 11.2. The van der Waals surface area contributed by atoms with Gasteiger partial charge in [0, 0.05) is 24.8 Å².